The molecule has 1 fully saturated rings. The van der Waals surface area contributed by atoms with E-state index in [1.54, 1.807) is 11.9 Å². The fourth-order valence-electron chi connectivity index (χ4n) is 3.10. The molecule has 0 unspecified atom stereocenters. The van der Waals surface area contributed by atoms with Crippen LogP contribution in [0.5, 0.6) is 0 Å². The van der Waals surface area contributed by atoms with E-state index < -0.39 is 5.41 Å². The summed E-state index contributed by atoms with van der Waals surface area (Å²) in [6.45, 7) is 0.417. The number of hydrogen-bond donors (Lipinski definition) is 1. The third kappa shape index (κ3) is 2.81. The predicted molar refractivity (Wildman–Crippen MR) is 74.8 cm³/mol. The molecule has 2 rings (SSSR count). The van der Waals surface area contributed by atoms with E-state index in [2.05, 4.69) is 6.07 Å². The van der Waals surface area contributed by atoms with E-state index in [1.807, 2.05) is 24.3 Å². The number of aliphatic hydroxyl groups excluding tert-OH is 1. The van der Waals surface area contributed by atoms with Crippen molar-refractivity contribution in [1.82, 2.24) is 4.90 Å². The number of hydrogen-bond acceptors (Lipinski definition) is 2. The summed E-state index contributed by atoms with van der Waals surface area (Å²) in [7, 11) is 1.78. The van der Waals surface area contributed by atoms with Gasteiger partial charge in [-0.25, -0.2) is 0 Å². The highest BCUT2D eigenvalue weighted by Crippen LogP contribution is 2.40. The zero-order valence-electron chi connectivity index (χ0n) is 11.6. The lowest BCUT2D eigenvalue weighted by Gasteiger charge is -2.39. The van der Waals surface area contributed by atoms with E-state index in [9.17, 15) is 4.79 Å². The van der Waals surface area contributed by atoms with Gasteiger partial charge in [-0.3, -0.25) is 4.79 Å². The molecular formula is C16H22NO2. The Kier molecular flexibility index (Phi) is 4.59. The lowest BCUT2D eigenvalue weighted by molar-refractivity contribution is -0.138. The average Bonchev–Trinajstić information content (AvgIpc) is 2.48. The maximum Gasteiger partial charge on any atom is 0.233 e. The van der Waals surface area contributed by atoms with Crippen molar-refractivity contribution >= 4 is 5.91 Å². The van der Waals surface area contributed by atoms with Crippen LogP contribution in [-0.4, -0.2) is 36.1 Å². The highest BCUT2D eigenvalue weighted by Gasteiger charge is 2.42. The van der Waals surface area contributed by atoms with Crippen molar-refractivity contribution in [3.8, 4) is 0 Å². The topological polar surface area (TPSA) is 40.5 Å². The van der Waals surface area contributed by atoms with Gasteiger partial charge in [-0.2, -0.15) is 0 Å². The molecule has 0 spiro atoms. The van der Waals surface area contributed by atoms with E-state index >= 15 is 0 Å². The first-order chi connectivity index (χ1) is 9.20. The molecule has 1 aromatic carbocycles. The minimum absolute atomic E-state index is 0.0148. The third-order valence-electron chi connectivity index (χ3n) is 4.17. The Morgan fingerprint density at radius 3 is 2.53 bits per heavy atom. The molecule has 0 bridgehead atoms. The number of nitrogens with zero attached hydrogens (tertiary/aromatic N) is 1. The van der Waals surface area contributed by atoms with Crippen molar-refractivity contribution in [3.63, 3.8) is 0 Å². The van der Waals surface area contributed by atoms with Gasteiger partial charge in [0.05, 0.1) is 12.0 Å². The molecule has 1 aliphatic rings. The second-order valence-electron chi connectivity index (χ2n) is 5.38. The minimum atomic E-state index is -0.392. The molecule has 0 heterocycles. The van der Waals surface area contributed by atoms with E-state index in [0.717, 1.165) is 31.2 Å². The summed E-state index contributed by atoms with van der Waals surface area (Å²) >= 11 is 0. The lowest BCUT2D eigenvalue weighted by Crippen LogP contribution is -2.47. The maximum atomic E-state index is 12.8. The smallest absolute Gasteiger partial charge is 0.233 e. The van der Waals surface area contributed by atoms with Crippen LogP contribution in [0.4, 0.5) is 0 Å². The van der Waals surface area contributed by atoms with Crippen LogP contribution in [0.3, 0.4) is 0 Å². The quantitative estimate of drug-likeness (QED) is 0.901. The Morgan fingerprint density at radius 1 is 1.32 bits per heavy atom. The number of carbonyl (C=O) groups excluding carboxylic acids is 1. The molecular weight excluding hydrogens is 238 g/mol. The Labute approximate surface area is 115 Å². The maximum absolute atomic E-state index is 12.8. The molecule has 1 saturated carbocycles. The molecule has 1 amide bonds. The standard InChI is InChI=1S/C16H22NO2/c1-17(12-13-18)15(19)16(10-6-3-7-11-16)14-8-4-2-5-9-14/h4-5,8-9,18H,3,6-7,10-13H2,1H3. The molecule has 19 heavy (non-hydrogen) atoms. The zero-order chi connectivity index (χ0) is 13.7. The van der Waals surface area contributed by atoms with E-state index in [4.69, 9.17) is 5.11 Å². The SMILES string of the molecule is CN(CCO)C(=O)C1(c2cc[c]cc2)CCCCC1. The van der Waals surface area contributed by atoms with Gasteiger partial charge >= 0.3 is 0 Å². The molecule has 0 saturated heterocycles. The summed E-state index contributed by atoms with van der Waals surface area (Å²) < 4.78 is 0. The van der Waals surface area contributed by atoms with Crippen molar-refractivity contribution in [2.75, 3.05) is 20.2 Å². The monoisotopic (exact) mass is 260 g/mol. The normalized spacial score (nSPS) is 18.0. The second kappa shape index (κ2) is 6.20. The van der Waals surface area contributed by atoms with Gasteiger partial charge in [0.25, 0.3) is 0 Å². The fourth-order valence-corrected chi connectivity index (χ4v) is 3.10. The number of carbonyl (C=O) groups is 1. The molecule has 1 aliphatic carbocycles. The van der Waals surface area contributed by atoms with Crippen molar-refractivity contribution in [3.05, 3.63) is 35.9 Å². The van der Waals surface area contributed by atoms with Gasteiger partial charge < -0.3 is 10.0 Å². The first-order valence-electron chi connectivity index (χ1n) is 7.04. The molecule has 1 radical (unpaired) electrons. The van der Waals surface area contributed by atoms with Crippen LogP contribution in [-0.2, 0) is 10.2 Å². The molecule has 1 aromatic rings. The van der Waals surface area contributed by atoms with Crippen LogP contribution in [0.15, 0.2) is 24.3 Å². The fraction of sp³-hybridized carbons (Fsp3) is 0.562. The molecule has 0 aromatic heterocycles. The largest absolute Gasteiger partial charge is 0.395 e. The van der Waals surface area contributed by atoms with Crippen molar-refractivity contribution in [2.24, 2.45) is 0 Å². The third-order valence-corrected chi connectivity index (χ3v) is 4.17. The van der Waals surface area contributed by atoms with Gasteiger partial charge in [0, 0.05) is 13.6 Å². The first-order valence-corrected chi connectivity index (χ1v) is 7.04. The Hall–Kier alpha value is -1.35. The summed E-state index contributed by atoms with van der Waals surface area (Å²) in [5.74, 6) is 0.146. The van der Waals surface area contributed by atoms with Gasteiger partial charge in [-0.05, 0) is 24.5 Å². The number of aliphatic hydroxyl groups is 1. The van der Waals surface area contributed by atoms with Gasteiger partial charge in [-0.15, -0.1) is 0 Å². The Balaban J connectivity index is 2.32. The first kappa shape index (κ1) is 14.1. The number of benzene rings is 1. The molecule has 103 valence electrons. The molecule has 0 atom stereocenters. The van der Waals surface area contributed by atoms with Gasteiger partial charge in [0.2, 0.25) is 5.91 Å². The lowest BCUT2D eigenvalue weighted by atomic mass is 9.68. The highest BCUT2D eigenvalue weighted by atomic mass is 16.3. The summed E-state index contributed by atoms with van der Waals surface area (Å²) in [5.41, 5.74) is 0.706. The van der Waals surface area contributed by atoms with Crippen LogP contribution < -0.4 is 0 Å². The van der Waals surface area contributed by atoms with Crippen LogP contribution in [0.25, 0.3) is 0 Å². The van der Waals surface area contributed by atoms with E-state index in [0.29, 0.717) is 6.54 Å². The molecule has 3 heteroatoms. The van der Waals surface area contributed by atoms with Gasteiger partial charge in [-0.1, -0.05) is 43.5 Å². The van der Waals surface area contributed by atoms with Crippen LogP contribution in [0.2, 0.25) is 0 Å². The van der Waals surface area contributed by atoms with Gasteiger partial charge in [0.1, 0.15) is 0 Å². The number of rotatable bonds is 4. The summed E-state index contributed by atoms with van der Waals surface area (Å²) in [5, 5.41) is 9.04. The highest BCUT2D eigenvalue weighted by molar-refractivity contribution is 5.88. The summed E-state index contributed by atoms with van der Waals surface area (Å²) in [6.07, 6.45) is 5.21. The van der Waals surface area contributed by atoms with Crippen LogP contribution in [0, 0.1) is 6.07 Å². The molecule has 3 nitrogen and oxygen atoms in total. The van der Waals surface area contributed by atoms with Crippen molar-refractivity contribution < 1.29 is 9.90 Å². The Morgan fingerprint density at radius 2 is 1.95 bits per heavy atom. The zero-order valence-corrected chi connectivity index (χ0v) is 11.6. The summed E-state index contributed by atoms with van der Waals surface area (Å²) in [6, 6.07) is 10.8. The van der Waals surface area contributed by atoms with E-state index in [1.165, 1.54) is 6.42 Å². The Bertz CT molecular complexity index is 410. The second-order valence-corrected chi connectivity index (χ2v) is 5.38. The van der Waals surface area contributed by atoms with Gasteiger partial charge in [0.15, 0.2) is 0 Å². The van der Waals surface area contributed by atoms with Crippen molar-refractivity contribution in [2.45, 2.75) is 37.5 Å². The predicted octanol–water partition coefficient (Wildman–Crippen LogP) is 2.14. The minimum Gasteiger partial charge on any atom is -0.395 e. The summed E-state index contributed by atoms with van der Waals surface area (Å²) in [4.78, 5) is 14.5. The number of likely N-dealkylation sites (N-methyl/N-ethyl adjacent to an activating group) is 1. The van der Waals surface area contributed by atoms with Crippen LogP contribution >= 0.6 is 0 Å². The molecule has 1 N–H and O–H groups in total. The number of amides is 1. The van der Waals surface area contributed by atoms with Crippen molar-refractivity contribution in [1.29, 1.82) is 0 Å². The average molecular weight is 260 g/mol. The molecule has 0 aliphatic heterocycles. The van der Waals surface area contributed by atoms with Crippen LogP contribution in [0.1, 0.15) is 37.7 Å². The van der Waals surface area contributed by atoms with E-state index in [-0.39, 0.29) is 12.5 Å².